The van der Waals surface area contributed by atoms with E-state index in [-0.39, 0.29) is 0 Å². The average molecular weight is 403 g/mol. The highest BCUT2D eigenvalue weighted by molar-refractivity contribution is 5.91. The lowest BCUT2D eigenvalue weighted by atomic mass is 10.1. The summed E-state index contributed by atoms with van der Waals surface area (Å²) < 4.78 is 12.2. The zero-order valence-corrected chi connectivity index (χ0v) is 16.5. The molecule has 148 valence electrons. The van der Waals surface area contributed by atoms with Crippen LogP contribution in [0.3, 0.4) is 0 Å². The summed E-state index contributed by atoms with van der Waals surface area (Å²) >= 11 is 0. The van der Waals surface area contributed by atoms with Crippen molar-refractivity contribution in [3.63, 3.8) is 0 Å². The van der Waals surface area contributed by atoms with Crippen molar-refractivity contribution in [1.29, 1.82) is 0 Å². The van der Waals surface area contributed by atoms with Crippen LogP contribution in [0.5, 0.6) is 11.5 Å². The predicted octanol–water partition coefficient (Wildman–Crippen LogP) is 6.98. The Morgan fingerprint density at radius 3 is 1.77 bits per heavy atom. The zero-order chi connectivity index (χ0) is 20.6. The van der Waals surface area contributed by atoms with Crippen molar-refractivity contribution in [2.75, 3.05) is 4.90 Å². The van der Waals surface area contributed by atoms with Crippen LogP contribution in [0.2, 0.25) is 0 Å². The van der Waals surface area contributed by atoms with Crippen LogP contribution >= 0.6 is 0 Å². The van der Waals surface area contributed by atoms with Crippen LogP contribution in [0.25, 0.3) is 22.9 Å². The van der Waals surface area contributed by atoms with Crippen molar-refractivity contribution < 1.29 is 9.15 Å². The zero-order valence-electron chi connectivity index (χ0n) is 16.5. The Bertz CT molecular complexity index is 1330. The molecule has 0 bridgehead atoms. The molecule has 0 N–H and O–H groups in total. The minimum Gasteiger partial charge on any atom is -0.453 e. The molecule has 1 aliphatic heterocycles. The molecule has 0 saturated heterocycles. The fourth-order valence-electron chi connectivity index (χ4n) is 3.84. The van der Waals surface area contributed by atoms with Crippen molar-refractivity contribution >= 4 is 17.1 Å². The van der Waals surface area contributed by atoms with E-state index in [1.165, 1.54) is 0 Å². The Balaban J connectivity index is 1.52. The topological polar surface area (TPSA) is 51.4 Å². The number of para-hydroxylation sites is 5. The van der Waals surface area contributed by atoms with Crippen molar-refractivity contribution in [1.82, 2.24) is 10.2 Å². The summed E-state index contributed by atoms with van der Waals surface area (Å²) in [5.41, 5.74) is 4.59. The van der Waals surface area contributed by atoms with Gasteiger partial charge in [0.2, 0.25) is 11.8 Å². The molecule has 0 unspecified atom stereocenters. The summed E-state index contributed by atoms with van der Waals surface area (Å²) in [6.07, 6.45) is 0. The molecule has 0 fully saturated rings. The highest BCUT2D eigenvalue weighted by Crippen LogP contribution is 2.51. The fourth-order valence-corrected chi connectivity index (χ4v) is 3.84. The van der Waals surface area contributed by atoms with Gasteiger partial charge in [-0.15, -0.1) is 10.2 Å². The number of hydrogen-bond donors (Lipinski definition) is 0. The molecule has 0 amide bonds. The first-order chi connectivity index (χ1) is 15.4. The molecule has 31 heavy (non-hydrogen) atoms. The molecular weight excluding hydrogens is 386 g/mol. The van der Waals surface area contributed by atoms with Gasteiger partial charge in [0.05, 0.1) is 22.6 Å². The molecular formula is C26H17N3O2. The molecule has 2 heterocycles. The van der Waals surface area contributed by atoms with Gasteiger partial charge < -0.3 is 14.1 Å². The summed E-state index contributed by atoms with van der Waals surface area (Å²) in [5.74, 6) is 2.56. The molecule has 0 atom stereocenters. The van der Waals surface area contributed by atoms with Crippen LogP contribution in [0.4, 0.5) is 17.1 Å². The van der Waals surface area contributed by atoms with Gasteiger partial charge in [-0.25, -0.2) is 0 Å². The molecule has 5 nitrogen and oxygen atoms in total. The maximum absolute atomic E-state index is 6.14. The third kappa shape index (κ3) is 2.95. The Hall–Kier alpha value is -4.38. The molecule has 1 aromatic heterocycles. The highest BCUT2D eigenvalue weighted by Gasteiger charge is 2.28. The van der Waals surface area contributed by atoms with E-state index >= 15 is 0 Å². The van der Waals surface area contributed by atoms with E-state index in [4.69, 9.17) is 9.15 Å². The monoisotopic (exact) mass is 403 g/mol. The average Bonchev–Trinajstić information content (AvgIpc) is 3.33. The lowest BCUT2D eigenvalue weighted by molar-refractivity contribution is 0.477. The van der Waals surface area contributed by atoms with Gasteiger partial charge in [-0.1, -0.05) is 54.6 Å². The van der Waals surface area contributed by atoms with Gasteiger partial charge >= 0.3 is 0 Å². The van der Waals surface area contributed by atoms with Gasteiger partial charge in [-0.3, -0.25) is 0 Å². The van der Waals surface area contributed by atoms with E-state index < -0.39 is 0 Å². The summed E-state index contributed by atoms with van der Waals surface area (Å²) in [6.45, 7) is 0. The van der Waals surface area contributed by atoms with E-state index in [0.717, 1.165) is 39.7 Å². The van der Waals surface area contributed by atoms with Crippen molar-refractivity contribution in [3.8, 4) is 34.4 Å². The molecule has 5 heteroatoms. The number of aromatic nitrogens is 2. The number of fused-ring (bicyclic) bond motifs is 2. The summed E-state index contributed by atoms with van der Waals surface area (Å²) in [4.78, 5) is 2.18. The molecule has 5 aromatic rings. The highest BCUT2D eigenvalue weighted by atomic mass is 16.5. The Kier molecular flexibility index (Phi) is 4.03. The Morgan fingerprint density at radius 2 is 1.06 bits per heavy atom. The molecule has 0 aliphatic carbocycles. The first-order valence-electron chi connectivity index (χ1n) is 10.0. The molecule has 0 saturated carbocycles. The van der Waals surface area contributed by atoms with Crippen LogP contribution in [0, 0.1) is 0 Å². The maximum Gasteiger partial charge on any atom is 0.250 e. The standard InChI is InChI=1S/C26H17N3O2/c1-2-10-18(11-3-1)25-27-28-26(31-25)19-12-4-5-13-20(19)29-21-14-6-8-16-23(21)30-24-17-9-7-15-22(24)29/h1-17H. The van der Waals surface area contributed by atoms with Crippen LogP contribution in [0.1, 0.15) is 0 Å². The van der Waals surface area contributed by atoms with Gasteiger partial charge in [-0.05, 0) is 48.5 Å². The third-order valence-corrected chi connectivity index (χ3v) is 5.25. The van der Waals surface area contributed by atoms with Crippen LogP contribution in [-0.4, -0.2) is 10.2 Å². The minimum absolute atomic E-state index is 0.468. The first kappa shape index (κ1) is 17.5. The second-order valence-electron chi connectivity index (χ2n) is 7.17. The predicted molar refractivity (Wildman–Crippen MR) is 120 cm³/mol. The normalized spacial score (nSPS) is 12.1. The van der Waals surface area contributed by atoms with Crippen molar-refractivity contribution in [3.05, 3.63) is 103 Å². The van der Waals surface area contributed by atoms with Gasteiger partial charge in [0.1, 0.15) is 0 Å². The van der Waals surface area contributed by atoms with Gasteiger partial charge in [0.15, 0.2) is 11.5 Å². The third-order valence-electron chi connectivity index (χ3n) is 5.25. The van der Waals surface area contributed by atoms with E-state index in [2.05, 4.69) is 21.2 Å². The van der Waals surface area contributed by atoms with Gasteiger partial charge in [0, 0.05) is 5.56 Å². The number of nitrogens with zero attached hydrogens (tertiary/aromatic N) is 3. The molecule has 1 aliphatic rings. The SMILES string of the molecule is c1ccc(-c2nnc(-c3ccccc3N3c4ccccc4Oc4ccccc43)o2)cc1. The number of ether oxygens (including phenoxy) is 1. The van der Waals surface area contributed by atoms with Gasteiger partial charge in [0.25, 0.3) is 0 Å². The lowest BCUT2D eigenvalue weighted by Gasteiger charge is -2.33. The number of benzene rings is 4. The second kappa shape index (κ2) is 7.15. The van der Waals surface area contributed by atoms with Gasteiger partial charge in [-0.2, -0.15) is 0 Å². The largest absolute Gasteiger partial charge is 0.453 e. The van der Waals surface area contributed by atoms with E-state index in [1.54, 1.807) is 0 Å². The number of anilines is 3. The van der Waals surface area contributed by atoms with E-state index in [0.29, 0.717) is 11.8 Å². The van der Waals surface area contributed by atoms with E-state index in [9.17, 15) is 0 Å². The van der Waals surface area contributed by atoms with Crippen molar-refractivity contribution in [2.45, 2.75) is 0 Å². The Labute approximate surface area is 179 Å². The fraction of sp³-hybridized carbons (Fsp3) is 0. The van der Waals surface area contributed by atoms with Crippen LogP contribution < -0.4 is 9.64 Å². The quantitative estimate of drug-likeness (QED) is 0.319. The molecule has 4 aromatic carbocycles. The second-order valence-corrected chi connectivity index (χ2v) is 7.17. The number of hydrogen-bond acceptors (Lipinski definition) is 5. The molecule has 6 rings (SSSR count). The van der Waals surface area contributed by atoms with Crippen LogP contribution in [-0.2, 0) is 0 Å². The summed E-state index contributed by atoms with van der Waals surface area (Å²) in [5, 5.41) is 8.63. The molecule has 0 spiro atoms. The summed E-state index contributed by atoms with van der Waals surface area (Å²) in [6, 6.07) is 33.8. The minimum atomic E-state index is 0.468. The summed E-state index contributed by atoms with van der Waals surface area (Å²) in [7, 11) is 0. The maximum atomic E-state index is 6.14. The Morgan fingerprint density at radius 1 is 0.516 bits per heavy atom. The van der Waals surface area contributed by atoms with E-state index in [1.807, 2.05) is 97.1 Å². The number of rotatable bonds is 3. The van der Waals surface area contributed by atoms with Crippen LogP contribution in [0.15, 0.2) is 108 Å². The lowest BCUT2D eigenvalue weighted by Crippen LogP contribution is -2.16. The van der Waals surface area contributed by atoms with Crippen molar-refractivity contribution in [2.24, 2.45) is 0 Å². The smallest absolute Gasteiger partial charge is 0.250 e. The molecule has 0 radical (unpaired) electrons. The first-order valence-corrected chi connectivity index (χ1v) is 10.0.